The number of carbonyl (C=O) groups is 3. The lowest BCUT2D eigenvalue weighted by atomic mass is 9.99. The minimum Gasteiger partial charge on any atom is -0.445 e. The van der Waals surface area contributed by atoms with Crippen LogP contribution in [0, 0.1) is 0 Å². The Morgan fingerprint density at radius 2 is 1.76 bits per heavy atom. The molecular weight excluding hydrogens is 578 g/mol. The van der Waals surface area contributed by atoms with Crippen molar-refractivity contribution >= 4 is 23.6 Å². The van der Waals surface area contributed by atoms with Gasteiger partial charge < -0.3 is 29.7 Å². The molecule has 3 aromatic rings. The molecule has 0 spiro atoms. The first-order valence-electron chi connectivity index (χ1n) is 15.2. The van der Waals surface area contributed by atoms with Crippen LogP contribution in [0.1, 0.15) is 53.9 Å². The molecule has 1 unspecified atom stereocenters. The first kappa shape index (κ1) is 30.9. The summed E-state index contributed by atoms with van der Waals surface area (Å²) in [5, 5.41) is 22.0. The molecule has 3 heterocycles. The van der Waals surface area contributed by atoms with Gasteiger partial charge in [0.15, 0.2) is 6.29 Å². The normalized spacial score (nSPS) is 25.5. The van der Waals surface area contributed by atoms with Crippen LogP contribution in [0.5, 0.6) is 0 Å². The van der Waals surface area contributed by atoms with Crippen LogP contribution in [-0.4, -0.2) is 70.9 Å². The van der Waals surface area contributed by atoms with Crippen LogP contribution in [0.3, 0.4) is 0 Å². The zero-order valence-electron chi connectivity index (χ0n) is 24.8. The van der Waals surface area contributed by atoms with E-state index in [1.165, 1.54) is 0 Å². The van der Waals surface area contributed by atoms with E-state index in [0.717, 1.165) is 34.6 Å². The van der Waals surface area contributed by atoms with Gasteiger partial charge in [-0.2, -0.15) is 0 Å². The number of alkyl carbamates (subject to hydrolysis) is 1. The van der Waals surface area contributed by atoms with E-state index in [9.17, 15) is 24.6 Å². The molecule has 0 aromatic heterocycles. The molecule has 11 nitrogen and oxygen atoms in total. The van der Waals surface area contributed by atoms with Crippen LogP contribution >= 0.6 is 0 Å². The molecule has 45 heavy (non-hydrogen) atoms. The summed E-state index contributed by atoms with van der Waals surface area (Å²) in [5.41, 5.74) is 3.54. The molecule has 3 aliphatic heterocycles. The average molecular weight is 616 g/mol. The summed E-state index contributed by atoms with van der Waals surface area (Å²) in [6.07, 6.45) is -1.28. The Hall–Kier alpha value is -4.13. The molecule has 0 radical (unpaired) electrons. The van der Waals surface area contributed by atoms with Gasteiger partial charge in [0.1, 0.15) is 12.6 Å². The molecule has 0 bridgehead atoms. The number of rotatable bonds is 9. The van der Waals surface area contributed by atoms with Gasteiger partial charge >= 0.3 is 6.09 Å². The van der Waals surface area contributed by atoms with Gasteiger partial charge in [0.2, 0.25) is 5.91 Å². The number of hydrogen-bond acceptors (Lipinski definition) is 9. The van der Waals surface area contributed by atoms with E-state index in [2.05, 4.69) is 10.2 Å². The van der Waals surface area contributed by atoms with E-state index in [1.807, 2.05) is 60.7 Å². The first-order valence-corrected chi connectivity index (χ1v) is 15.2. The molecule has 0 aliphatic carbocycles. The number of hydrogen-bond donors (Lipinski definition) is 3. The van der Waals surface area contributed by atoms with Gasteiger partial charge in [-0.15, -0.1) is 0 Å². The molecule has 3 fully saturated rings. The van der Waals surface area contributed by atoms with Gasteiger partial charge in [-0.05, 0) is 35.2 Å². The fourth-order valence-corrected chi connectivity index (χ4v) is 6.03. The minimum absolute atomic E-state index is 0.0422. The quantitative estimate of drug-likeness (QED) is 0.310. The van der Waals surface area contributed by atoms with Gasteiger partial charge in [-0.25, -0.2) is 9.69 Å². The monoisotopic (exact) mass is 615 g/mol. The second-order valence-electron chi connectivity index (χ2n) is 11.7. The predicted molar refractivity (Wildman–Crippen MR) is 163 cm³/mol. The number of ether oxygens (including phenoxy) is 3. The molecular formula is C34H37N3O8. The number of β-amino-alcohol motifs (C(OH)–C–C–N with tert-alkyl or cyclic N) is 1. The Morgan fingerprint density at radius 3 is 2.49 bits per heavy atom. The van der Waals surface area contributed by atoms with Crippen molar-refractivity contribution in [2.24, 2.45) is 0 Å². The van der Waals surface area contributed by atoms with E-state index in [0.29, 0.717) is 30.8 Å². The third-order valence-electron chi connectivity index (χ3n) is 8.38. The Kier molecular flexibility index (Phi) is 9.53. The van der Waals surface area contributed by atoms with Crippen molar-refractivity contribution in [3.8, 4) is 0 Å². The van der Waals surface area contributed by atoms with E-state index < -0.39 is 30.2 Å². The largest absolute Gasteiger partial charge is 0.445 e. The molecule has 3 aromatic carbocycles. The highest BCUT2D eigenvalue weighted by atomic mass is 16.7. The number of benzene rings is 3. The molecule has 3 saturated heterocycles. The zero-order chi connectivity index (χ0) is 31.3. The van der Waals surface area contributed by atoms with Crippen LogP contribution in [0.4, 0.5) is 10.5 Å². The van der Waals surface area contributed by atoms with Crippen LogP contribution < -0.4 is 10.2 Å². The Balaban J connectivity index is 1.16. The third-order valence-corrected chi connectivity index (χ3v) is 8.38. The SMILES string of the molecule is O=C(NC1CC(=O)N(c2cccc([C@H]3O[C@@H](CN4CC[C@H](O)C4)C[C@@H](c4ccc(CO)cc4)O3)c2)C1=O)OCc1ccccc1. The summed E-state index contributed by atoms with van der Waals surface area (Å²) >= 11 is 0. The van der Waals surface area contributed by atoms with Gasteiger partial charge in [0.05, 0.1) is 37.0 Å². The lowest BCUT2D eigenvalue weighted by molar-refractivity contribution is -0.252. The van der Waals surface area contributed by atoms with Gasteiger partial charge in [0.25, 0.3) is 5.91 Å². The summed E-state index contributed by atoms with van der Waals surface area (Å²) in [7, 11) is 0. The number of aliphatic hydroxyl groups excluding tert-OH is 2. The molecule has 5 atom stereocenters. The molecule has 236 valence electrons. The summed E-state index contributed by atoms with van der Waals surface area (Å²) in [5.74, 6) is -0.991. The summed E-state index contributed by atoms with van der Waals surface area (Å²) in [6, 6.07) is 22.6. The van der Waals surface area contributed by atoms with Crippen LogP contribution in [0.2, 0.25) is 0 Å². The number of likely N-dealkylation sites (tertiary alicyclic amines) is 1. The zero-order valence-corrected chi connectivity index (χ0v) is 24.8. The second kappa shape index (κ2) is 13.9. The van der Waals surface area contributed by atoms with Crippen molar-refractivity contribution in [2.45, 2.75) is 63.1 Å². The highest BCUT2D eigenvalue weighted by Gasteiger charge is 2.41. The summed E-state index contributed by atoms with van der Waals surface area (Å²) in [4.78, 5) is 42.0. The van der Waals surface area contributed by atoms with Crippen LogP contribution in [0.25, 0.3) is 0 Å². The molecule has 3 N–H and O–H groups in total. The topological polar surface area (TPSA) is 138 Å². The van der Waals surface area contributed by atoms with Crippen molar-refractivity contribution in [2.75, 3.05) is 24.5 Å². The van der Waals surface area contributed by atoms with Crippen molar-refractivity contribution in [1.82, 2.24) is 10.2 Å². The highest BCUT2D eigenvalue weighted by molar-refractivity contribution is 6.22. The second-order valence-corrected chi connectivity index (χ2v) is 11.7. The van der Waals surface area contributed by atoms with Crippen molar-refractivity contribution in [1.29, 1.82) is 0 Å². The predicted octanol–water partition coefficient (Wildman–Crippen LogP) is 3.35. The fourth-order valence-electron chi connectivity index (χ4n) is 6.03. The average Bonchev–Trinajstić information content (AvgIpc) is 3.60. The maximum Gasteiger partial charge on any atom is 0.408 e. The van der Waals surface area contributed by atoms with Crippen LogP contribution in [0.15, 0.2) is 78.9 Å². The third kappa shape index (κ3) is 7.41. The maximum atomic E-state index is 13.3. The Labute approximate surface area is 261 Å². The summed E-state index contributed by atoms with van der Waals surface area (Å²) in [6.45, 7) is 1.99. The van der Waals surface area contributed by atoms with E-state index in [-0.39, 0.29) is 37.9 Å². The lowest BCUT2D eigenvalue weighted by Gasteiger charge is -2.38. The Bertz CT molecular complexity index is 1500. The van der Waals surface area contributed by atoms with E-state index >= 15 is 0 Å². The first-order chi connectivity index (χ1) is 21.9. The Morgan fingerprint density at radius 1 is 0.956 bits per heavy atom. The molecule has 0 saturated carbocycles. The number of nitrogens with zero attached hydrogens (tertiary/aromatic N) is 2. The number of amides is 3. The number of carbonyl (C=O) groups excluding carboxylic acids is 3. The number of imide groups is 1. The van der Waals surface area contributed by atoms with Crippen molar-refractivity contribution < 1.29 is 38.8 Å². The molecule has 6 rings (SSSR count). The molecule has 3 amide bonds. The maximum absolute atomic E-state index is 13.3. The number of aliphatic hydroxyl groups is 2. The minimum atomic E-state index is -1.04. The smallest absolute Gasteiger partial charge is 0.408 e. The molecule has 3 aliphatic rings. The van der Waals surface area contributed by atoms with Gasteiger partial charge in [-0.1, -0.05) is 66.7 Å². The number of anilines is 1. The van der Waals surface area contributed by atoms with Crippen molar-refractivity contribution in [3.63, 3.8) is 0 Å². The highest BCUT2D eigenvalue weighted by Crippen LogP contribution is 2.39. The van der Waals surface area contributed by atoms with Crippen molar-refractivity contribution in [3.05, 3.63) is 101 Å². The number of nitrogens with one attached hydrogen (secondary N) is 1. The van der Waals surface area contributed by atoms with Crippen LogP contribution in [-0.2, 0) is 37.0 Å². The standard InChI is InChI=1S/C34H37N3O8/c38-20-22-9-11-24(12-10-22)30-16-28(19-36-14-13-27(39)18-36)44-33(45-30)25-7-4-8-26(15-25)37-31(40)17-29(32(37)41)35-34(42)43-21-23-5-2-1-3-6-23/h1-12,15,27-30,33,38-39H,13-14,16-21H2,(H,35,42)/t27-,28+,29?,30-,33-/m0/s1. The van der Waals surface area contributed by atoms with Gasteiger partial charge in [-0.3, -0.25) is 14.5 Å². The fraction of sp³-hybridized carbons (Fsp3) is 0.382. The van der Waals surface area contributed by atoms with E-state index in [1.54, 1.807) is 18.2 Å². The molecule has 11 heteroatoms. The van der Waals surface area contributed by atoms with Gasteiger partial charge in [0, 0.05) is 31.6 Å². The van der Waals surface area contributed by atoms with E-state index in [4.69, 9.17) is 14.2 Å². The lowest BCUT2D eigenvalue weighted by Crippen LogP contribution is -2.42. The summed E-state index contributed by atoms with van der Waals surface area (Å²) < 4.78 is 18.1.